The maximum atomic E-state index is 13.7. The summed E-state index contributed by atoms with van der Waals surface area (Å²) in [5.41, 5.74) is 2.84. The number of aryl methyl sites for hydroxylation is 1. The molecule has 0 radical (unpaired) electrons. The molecule has 2 fully saturated rings. The largest absolute Gasteiger partial charge is 0.355 e. The molecule has 1 amide bonds. The van der Waals surface area contributed by atoms with Gasteiger partial charge < -0.3 is 4.90 Å². The standard InChI is InChI=1S/C27H28N4O2S2/c1-17-9-10-23-28-24(29-13-18(2)11-19(3)14-29)21(25(32)30(23)15-17)12-22-26(33)31(27(34)35-22)16-20-7-5-4-6-8-20/h4-10,12,15,18-19H,11,13-14,16H2,1-3H3/b22-12+/t18-,19-/m1/s1. The number of pyridine rings is 1. The molecule has 2 aliphatic rings. The van der Waals surface area contributed by atoms with Crippen molar-refractivity contribution in [2.45, 2.75) is 33.7 Å². The number of rotatable bonds is 4. The molecule has 0 unspecified atom stereocenters. The topological polar surface area (TPSA) is 57.9 Å². The number of nitrogens with zero attached hydrogens (tertiary/aromatic N) is 4. The van der Waals surface area contributed by atoms with Crippen LogP contribution in [-0.2, 0) is 11.3 Å². The summed E-state index contributed by atoms with van der Waals surface area (Å²) in [4.78, 5) is 36.3. The van der Waals surface area contributed by atoms with Gasteiger partial charge in [-0.25, -0.2) is 4.98 Å². The Kier molecular flexibility index (Phi) is 6.51. The molecular weight excluding hydrogens is 476 g/mol. The van der Waals surface area contributed by atoms with Gasteiger partial charge in [0, 0.05) is 19.3 Å². The first-order valence-corrected chi connectivity index (χ1v) is 13.1. The Morgan fingerprint density at radius 3 is 2.51 bits per heavy atom. The van der Waals surface area contributed by atoms with E-state index in [1.54, 1.807) is 21.6 Å². The van der Waals surface area contributed by atoms with Crippen LogP contribution in [0.3, 0.4) is 0 Å². The van der Waals surface area contributed by atoms with Crippen molar-refractivity contribution in [1.82, 2.24) is 14.3 Å². The van der Waals surface area contributed by atoms with Crippen molar-refractivity contribution in [3.8, 4) is 0 Å². The number of benzene rings is 1. The van der Waals surface area contributed by atoms with Crippen LogP contribution in [0.2, 0.25) is 0 Å². The lowest BCUT2D eigenvalue weighted by Gasteiger charge is -2.36. The molecule has 2 aromatic heterocycles. The van der Waals surface area contributed by atoms with Gasteiger partial charge >= 0.3 is 0 Å². The maximum absolute atomic E-state index is 13.7. The second kappa shape index (κ2) is 9.59. The van der Waals surface area contributed by atoms with Gasteiger partial charge in [-0.1, -0.05) is 74.2 Å². The van der Waals surface area contributed by atoms with Gasteiger partial charge in [-0.2, -0.15) is 0 Å². The van der Waals surface area contributed by atoms with E-state index in [9.17, 15) is 9.59 Å². The zero-order chi connectivity index (χ0) is 24.7. The lowest BCUT2D eigenvalue weighted by molar-refractivity contribution is -0.122. The number of aromatic nitrogens is 2. The van der Waals surface area contributed by atoms with Crippen LogP contribution in [0.1, 0.15) is 37.0 Å². The van der Waals surface area contributed by atoms with Crippen molar-refractivity contribution in [2.24, 2.45) is 11.8 Å². The van der Waals surface area contributed by atoms with E-state index >= 15 is 0 Å². The molecule has 3 aromatic rings. The molecule has 2 atom stereocenters. The third kappa shape index (κ3) is 4.77. The Labute approximate surface area is 214 Å². The van der Waals surface area contributed by atoms with Crippen LogP contribution in [0.25, 0.3) is 11.7 Å². The molecule has 0 bridgehead atoms. The lowest BCUT2D eigenvalue weighted by Crippen LogP contribution is -2.40. The lowest BCUT2D eigenvalue weighted by atomic mass is 9.91. The second-order valence-corrected chi connectivity index (χ2v) is 11.4. The van der Waals surface area contributed by atoms with Crippen LogP contribution >= 0.6 is 24.0 Å². The Hall–Kier alpha value is -2.97. The summed E-state index contributed by atoms with van der Waals surface area (Å²) in [6.45, 7) is 8.47. The number of hydrogen-bond donors (Lipinski definition) is 0. The first-order chi connectivity index (χ1) is 16.8. The van der Waals surface area contributed by atoms with Gasteiger partial charge in [0.15, 0.2) is 0 Å². The molecule has 0 aliphatic carbocycles. The van der Waals surface area contributed by atoms with E-state index < -0.39 is 0 Å². The number of carbonyl (C=O) groups excluding carboxylic acids is 1. The highest BCUT2D eigenvalue weighted by Gasteiger charge is 2.33. The highest BCUT2D eigenvalue weighted by Crippen LogP contribution is 2.35. The fourth-order valence-electron chi connectivity index (χ4n) is 4.98. The van der Waals surface area contributed by atoms with Crippen LogP contribution < -0.4 is 10.5 Å². The molecule has 0 saturated carbocycles. The van der Waals surface area contributed by atoms with Crippen molar-refractivity contribution in [2.75, 3.05) is 18.0 Å². The minimum absolute atomic E-state index is 0.173. The summed E-state index contributed by atoms with van der Waals surface area (Å²) >= 11 is 6.79. The Morgan fingerprint density at radius 2 is 1.80 bits per heavy atom. The Balaban J connectivity index is 1.59. The first-order valence-electron chi connectivity index (χ1n) is 11.9. The van der Waals surface area contributed by atoms with Gasteiger partial charge in [0.05, 0.1) is 17.0 Å². The molecular formula is C27H28N4O2S2. The van der Waals surface area contributed by atoms with Crippen molar-refractivity contribution in [1.29, 1.82) is 0 Å². The zero-order valence-corrected chi connectivity index (χ0v) is 21.7. The number of carbonyl (C=O) groups is 1. The minimum atomic E-state index is -0.177. The third-order valence-corrected chi connectivity index (χ3v) is 7.86. The second-order valence-electron chi connectivity index (χ2n) is 9.69. The Bertz CT molecular complexity index is 1390. The van der Waals surface area contributed by atoms with E-state index in [4.69, 9.17) is 17.2 Å². The van der Waals surface area contributed by atoms with E-state index in [0.29, 0.717) is 44.6 Å². The van der Waals surface area contributed by atoms with E-state index in [-0.39, 0.29) is 11.5 Å². The summed E-state index contributed by atoms with van der Waals surface area (Å²) in [6, 6.07) is 13.6. The van der Waals surface area contributed by atoms with Crippen LogP contribution in [0, 0.1) is 18.8 Å². The molecule has 8 heteroatoms. The molecule has 6 nitrogen and oxygen atoms in total. The van der Waals surface area contributed by atoms with Gasteiger partial charge in [0.25, 0.3) is 11.5 Å². The summed E-state index contributed by atoms with van der Waals surface area (Å²) < 4.78 is 2.07. The summed E-state index contributed by atoms with van der Waals surface area (Å²) in [5, 5.41) is 0. The molecule has 180 valence electrons. The highest BCUT2D eigenvalue weighted by atomic mass is 32.2. The fraction of sp³-hybridized carbons (Fsp3) is 0.333. The molecule has 5 rings (SSSR count). The van der Waals surface area contributed by atoms with Gasteiger partial charge in [0.2, 0.25) is 0 Å². The maximum Gasteiger partial charge on any atom is 0.267 e. The predicted octanol–water partition coefficient (Wildman–Crippen LogP) is 4.89. The number of amides is 1. The average Bonchev–Trinajstić information content (AvgIpc) is 3.08. The van der Waals surface area contributed by atoms with Crippen molar-refractivity contribution in [3.05, 3.63) is 80.6 Å². The number of fused-ring (bicyclic) bond motifs is 1. The third-order valence-electron chi connectivity index (χ3n) is 6.49. The minimum Gasteiger partial charge on any atom is -0.355 e. The quantitative estimate of drug-likeness (QED) is 0.373. The van der Waals surface area contributed by atoms with E-state index in [0.717, 1.165) is 30.6 Å². The molecule has 4 heterocycles. The average molecular weight is 505 g/mol. The molecule has 35 heavy (non-hydrogen) atoms. The van der Waals surface area contributed by atoms with E-state index in [1.807, 2.05) is 49.4 Å². The number of anilines is 1. The van der Waals surface area contributed by atoms with Crippen LogP contribution in [0.4, 0.5) is 5.82 Å². The predicted molar refractivity (Wildman–Crippen MR) is 147 cm³/mol. The molecule has 1 aromatic carbocycles. The van der Waals surface area contributed by atoms with Gasteiger partial charge in [-0.3, -0.25) is 18.9 Å². The number of thiocarbonyl (C=S) groups is 1. The van der Waals surface area contributed by atoms with Crippen molar-refractivity contribution in [3.63, 3.8) is 0 Å². The van der Waals surface area contributed by atoms with Crippen LogP contribution in [0.15, 0.2) is 58.4 Å². The first kappa shape index (κ1) is 23.8. The van der Waals surface area contributed by atoms with Crippen LogP contribution in [-0.4, -0.2) is 37.6 Å². The summed E-state index contributed by atoms with van der Waals surface area (Å²) in [5.74, 6) is 1.46. The molecule has 2 aliphatic heterocycles. The highest BCUT2D eigenvalue weighted by molar-refractivity contribution is 8.26. The van der Waals surface area contributed by atoms with Gasteiger partial charge in [-0.05, 0) is 48.4 Å². The molecule has 0 spiro atoms. The normalized spacial score (nSPS) is 22.0. The number of thioether (sulfide) groups is 1. The van der Waals surface area contributed by atoms with E-state index in [2.05, 4.69) is 18.7 Å². The monoisotopic (exact) mass is 504 g/mol. The fourth-order valence-corrected chi connectivity index (χ4v) is 6.22. The zero-order valence-electron chi connectivity index (χ0n) is 20.1. The van der Waals surface area contributed by atoms with E-state index in [1.165, 1.54) is 11.8 Å². The summed E-state index contributed by atoms with van der Waals surface area (Å²) in [6.07, 6.45) is 4.65. The van der Waals surface area contributed by atoms with Gasteiger partial charge in [0.1, 0.15) is 15.8 Å². The smallest absolute Gasteiger partial charge is 0.267 e. The number of piperidine rings is 1. The van der Waals surface area contributed by atoms with Crippen LogP contribution in [0.5, 0.6) is 0 Å². The van der Waals surface area contributed by atoms with Crippen molar-refractivity contribution < 1.29 is 4.79 Å². The molecule has 2 saturated heterocycles. The number of hydrogen-bond acceptors (Lipinski definition) is 6. The van der Waals surface area contributed by atoms with Crippen molar-refractivity contribution >= 4 is 51.7 Å². The summed E-state index contributed by atoms with van der Waals surface area (Å²) in [7, 11) is 0. The van der Waals surface area contributed by atoms with Gasteiger partial charge in [-0.15, -0.1) is 0 Å². The molecule has 0 N–H and O–H groups in total. The Morgan fingerprint density at radius 1 is 1.09 bits per heavy atom. The SMILES string of the molecule is Cc1ccc2nc(N3C[C@H](C)C[C@@H](C)C3)c(/C=C3/SC(=S)N(Cc4ccccc4)C3=O)c(=O)n2c1.